The maximum absolute atomic E-state index is 4.48. The summed E-state index contributed by atoms with van der Waals surface area (Å²) in [6, 6.07) is 10.2. The summed E-state index contributed by atoms with van der Waals surface area (Å²) in [6.07, 6.45) is 5.40. The molecule has 0 atom stereocenters. The molecule has 0 saturated heterocycles. The van der Waals surface area contributed by atoms with E-state index in [1.54, 1.807) is 12.4 Å². The van der Waals surface area contributed by atoms with Crippen LogP contribution in [0.15, 0.2) is 47.7 Å². The first-order valence-electron chi connectivity index (χ1n) is 5.27. The van der Waals surface area contributed by atoms with Crippen molar-refractivity contribution in [1.29, 1.82) is 0 Å². The van der Waals surface area contributed by atoms with Crippen molar-refractivity contribution in [2.45, 2.75) is 13.8 Å². The molecule has 3 heteroatoms. The van der Waals surface area contributed by atoms with Crippen molar-refractivity contribution < 1.29 is 0 Å². The lowest BCUT2D eigenvalue weighted by Crippen LogP contribution is -1.82. The van der Waals surface area contributed by atoms with Gasteiger partial charge in [-0.25, -0.2) is 0 Å². The summed E-state index contributed by atoms with van der Waals surface area (Å²) < 4.78 is 0. The first-order chi connectivity index (χ1) is 7.75. The topological polar surface area (TPSA) is 25.2 Å². The van der Waals surface area contributed by atoms with E-state index in [1.807, 2.05) is 18.3 Å². The minimum Gasteiger partial charge on any atom is -0.265 e. The van der Waals surface area contributed by atoms with E-state index in [1.165, 1.54) is 11.1 Å². The van der Waals surface area contributed by atoms with Crippen LogP contribution in [0.4, 0.5) is 5.69 Å². The van der Waals surface area contributed by atoms with Gasteiger partial charge in [-0.15, -0.1) is 12.4 Å². The predicted octanol–water partition coefficient (Wildman–Crippen LogP) is 3.87. The molecule has 17 heavy (non-hydrogen) atoms. The normalized spacial score (nSPS) is 10.2. The van der Waals surface area contributed by atoms with Crippen LogP contribution in [0.5, 0.6) is 0 Å². The molecule has 2 rings (SSSR count). The van der Waals surface area contributed by atoms with Gasteiger partial charge in [-0.2, -0.15) is 0 Å². The number of benzene rings is 1. The van der Waals surface area contributed by atoms with Crippen LogP contribution in [0.3, 0.4) is 0 Å². The van der Waals surface area contributed by atoms with Crippen molar-refractivity contribution in [1.82, 2.24) is 4.98 Å². The maximum atomic E-state index is 4.48. The van der Waals surface area contributed by atoms with Gasteiger partial charge in [0.2, 0.25) is 0 Å². The third kappa shape index (κ3) is 3.68. The van der Waals surface area contributed by atoms with Gasteiger partial charge in [0.25, 0.3) is 0 Å². The van der Waals surface area contributed by atoms with E-state index < -0.39 is 0 Å². The molecule has 0 aliphatic carbocycles. The summed E-state index contributed by atoms with van der Waals surface area (Å²) in [5.41, 5.74) is 4.51. The zero-order chi connectivity index (χ0) is 11.4. The van der Waals surface area contributed by atoms with Gasteiger partial charge in [0.15, 0.2) is 0 Å². The Morgan fingerprint density at radius 2 is 1.76 bits per heavy atom. The number of hydrogen-bond donors (Lipinski definition) is 0. The molecule has 0 aliphatic rings. The monoisotopic (exact) mass is 246 g/mol. The van der Waals surface area contributed by atoms with Crippen molar-refractivity contribution in [3.63, 3.8) is 0 Å². The van der Waals surface area contributed by atoms with Gasteiger partial charge >= 0.3 is 0 Å². The van der Waals surface area contributed by atoms with Crippen LogP contribution in [0, 0.1) is 13.8 Å². The van der Waals surface area contributed by atoms with E-state index in [0.717, 1.165) is 11.3 Å². The van der Waals surface area contributed by atoms with Crippen LogP contribution < -0.4 is 0 Å². The molecule has 0 amide bonds. The number of nitrogens with zero attached hydrogens (tertiary/aromatic N) is 2. The largest absolute Gasteiger partial charge is 0.265 e. The molecule has 0 N–H and O–H groups in total. The predicted molar refractivity (Wildman–Crippen MR) is 74.7 cm³/mol. The van der Waals surface area contributed by atoms with Gasteiger partial charge in [0, 0.05) is 18.6 Å². The third-order valence-electron chi connectivity index (χ3n) is 2.42. The average molecular weight is 247 g/mol. The maximum Gasteiger partial charge on any atom is 0.0661 e. The molecule has 1 aromatic heterocycles. The highest BCUT2D eigenvalue weighted by molar-refractivity contribution is 5.85. The molecule has 88 valence electrons. The van der Waals surface area contributed by atoms with E-state index in [9.17, 15) is 0 Å². The minimum atomic E-state index is 0. The fraction of sp³-hybridized carbons (Fsp3) is 0.143. The van der Waals surface area contributed by atoms with Crippen LogP contribution in [0.2, 0.25) is 0 Å². The SMILES string of the molecule is Cc1ccc(C)c(N=Cc2ccncc2)c1.Cl. The Morgan fingerprint density at radius 1 is 1.06 bits per heavy atom. The minimum absolute atomic E-state index is 0. The van der Waals surface area contributed by atoms with Crippen molar-refractivity contribution in [3.05, 3.63) is 59.4 Å². The number of rotatable bonds is 2. The zero-order valence-electron chi connectivity index (χ0n) is 9.92. The zero-order valence-corrected chi connectivity index (χ0v) is 10.7. The van der Waals surface area contributed by atoms with Crippen LogP contribution in [0.1, 0.15) is 16.7 Å². The summed E-state index contributed by atoms with van der Waals surface area (Å²) in [5, 5.41) is 0. The third-order valence-corrected chi connectivity index (χ3v) is 2.42. The van der Waals surface area contributed by atoms with Gasteiger partial charge in [-0.05, 0) is 48.7 Å². The molecule has 0 saturated carbocycles. The van der Waals surface area contributed by atoms with Crippen LogP contribution in [0.25, 0.3) is 0 Å². The molecule has 0 spiro atoms. The van der Waals surface area contributed by atoms with Crippen molar-refractivity contribution in [2.75, 3.05) is 0 Å². The summed E-state index contributed by atoms with van der Waals surface area (Å²) in [4.78, 5) is 8.45. The number of halogens is 1. The Labute approximate surface area is 108 Å². The highest BCUT2D eigenvalue weighted by atomic mass is 35.5. The first kappa shape index (κ1) is 13.4. The second-order valence-electron chi connectivity index (χ2n) is 3.83. The molecule has 1 heterocycles. The highest BCUT2D eigenvalue weighted by Gasteiger charge is 1.95. The van der Waals surface area contributed by atoms with Crippen LogP contribution in [-0.4, -0.2) is 11.2 Å². The second kappa shape index (κ2) is 6.16. The molecule has 0 unspecified atom stereocenters. The Balaban J connectivity index is 0.00000144. The lowest BCUT2D eigenvalue weighted by molar-refractivity contribution is 1.32. The summed E-state index contributed by atoms with van der Waals surface area (Å²) in [5.74, 6) is 0. The summed E-state index contributed by atoms with van der Waals surface area (Å²) in [7, 11) is 0. The Hall–Kier alpha value is -1.67. The van der Waals surface area contributed by atoms with Crippen LogP contribution in [-0.2, 0) is 0 Å². The lowest BCUT2D eigenvalue weighted by Gasteiger charge is -2.00. The van der Waals surface area contributed by atoms with Crippen molar-refractivity contribution in [2.24, 2.45) is 4.99 Å². The van der Waals surface area contributed by atoms with E-state index in [2.05, 4.69) is 42.0 Å². The van der Waals surface area contributed by atoms with Gasteiger partial charge in [-0.1, -0.05) is 12.1 Å². The number of aromatic nitrogens is 1. The first-order valence-corrected chi connectivity index (χ1v) is 5.27. The van der Waals surface area contributed by atoms with Crippen LogP contribution >= 0.6 is 12.4 Å². The second-order valence-corrected chi connectivity index (χ2v) is 3.83. The number of aryl methyl sites for hydroxylation is 2. The van der Waals surface area contributed by atoms with Gasteiger partial charge < -0.3 is 0 Å². The van der Waals surface area contributed by atoms with E-state index >= 15 is 0 Å². The van der Waals surface area contributed by atoms with E-state index in [0.29, 0.717) is 0 Å². The number of pyridine rings is 1. The fourth-order valence-corrected chi connectivity index (χ4v) is 1.45. The Bertz CT molecular complexity index is 507. The number of hydrogen-bond acceptors (Lipinski definition) is 2. The molecule has 0 radical (unpaired) electrons. The molecule has 2 aromatic rings. The molecule has 1 aromatic carbocycles. The fourth-order valence-electron chi connectivity index (χ4n) is 1.45. The average Bonchev–Trinajstić information content (AvgIpc) is 2.32. The lowest BCUT2D eigenvalue weighted by atomic mass is 10.1. The van der Waals surface area contributed by atoms with Gasteiger partial charge in [0.1, 0.15) is 0 Å². The Morgan fingerprint density at radius 3 is 2.47 bits per heavy atom. The summed E-state index contributed by atoms with van der Waals surface area (Å²) >= 11 is 0. The van der Waals surface area contributed by atoms with Gasteiger partial charge in [-0.3, -0.25) is 9.98 Å². The number of aliphatic imine (C=N–C) groups is 1. The quantitative estimate of drug-likeness (QED) is 0.739. The molecule has 2 nitrogen and oxygen atoms in total. The standard InChI is InChI=1S/C14H14N2.ClH/c1-11-3-4-12(2)14(9-11)16-10-13-5-7-15-8-6-13;/h3-10H,1-2H3;1H. The molecule has 0 bridgehead atoms. The van der Waals surface area contributed by atoms with Gasteiger partial charge in [0.05, 0.1) is 5.69 Å². The highest BCUT2D eigenvalue weighted by Crippen LogP contribution is 2.19. The Kier molecular flexibility index (Phi) is 4.85. The molecular weight excluding hydrogens is 232 g/mol. The molecular formula is C14H15ClN2. The van der Waals surface area contributed by atoms with Crippen molar-refractivity contribution in [3.8, 4) is 0 Å². The van der Waals surface area contributed by atoms with Crippen molar-refractivity contribution >= 4 is 24.3 Å². The molecule has 0 fully saturated rings. The van der Waals surface area contributed by atoms with E-state index in [4.69, 9.17) is 0 Å². The summed E-state index contributed by atoms with van der Waals surface area (Å²) in [6.45, 7) is 4.14. The van der Waals surface area contributed by atoms with E-state index in [-0.39, 0.29) is 12.4 Å². The molecule has 0 aliphatic heterocycles. The smallest absolute Gasteiger partial charge is 0.0661 e.